The largest absolute Gasteiger partial charge is 0.444 e. The minimum Gasteiger partial charge on any atom is -0.444 e. The number of alkyl carbamates (subject to hydrolysis) is 1. The van der Waals surface area contributed by atoms with Crippen LogP contribution in [0.3, 0.4) is 0 Å². The van der Waals surface area contributed by atoms with Crippen molar-refractivity contribution in [2.24, 2.45) is 0 Å². The van der Waals surface area contributed by atoms with Crippen LogP contribution in [0.5, 0.6) is 0 Å². The number of amides is 1. The first kappa shape index (κ1) is 15.0. The third-order valence-electron chi connectivity index (χ3n) is 2.86. The number of benzene rings is 1. The van der Waals surface area contributed by atoms with Crippen molar-refractivity contribution in [3.05, 3.63) is 42.2 Å². The number of nitrogens with zero attached hydrogens (tertiary/aromatic N) is 1. The summed E-state index contributed by atoms with van der Waals surface area (Å²) in [6, 6.07) is 6.59. The van der Waals surface area contributed by atoms with E-state index in [0.29, 0.717) is 6.29 Å². The third kappa shape index (κ3) is 3.78. The Balaban J connectivity index is 2.28. The molecular weight excluding hydrogens is 268 g/mol. The van der Waals surface area contributed by atoms with Gasteiger partial charge in [-0.2, -0.15) is 0 Å². The molecular formula is C16H18N2O3. The molecule has 1 unspecified atom stereocenters. The zero-order valence-electron chi connectivity index (χ0n) is 12.3. The van der Waals surface area contributed by atoms with Crippen molar-refractivity contribution >= 4 is 23.2 Å². The molecule has 1 aromatic carbocycles. The van der Waals surface area contributed by atoms with Crippen LogP contribution in [0.15, 0.2) is 36.7 Å². The average molecular weight is 286 g/mol. The first-order chi connectivity index (χ1) is 9.90. The summed E-state index contributed by atoms with van der Waals surface area (Å²) in [4.78, 5) is 27.2. The molecule has 1 amide bonds. The highest BCUT2D eigenvalue weighted by atomic mass is 16.6. The van der Waals surface area contributed by atoms with Gasteiger partial charge < -0.3 is 14.8 Å². The summed E-state index contributed by atoms with van der Waals surface area (Å²) in [5, 5.41) is 4.37. The molecule has 110 valence electrons. The first-order valence-electron chi connectivity index (χ1n) is 6.68. The monoisotopic (exact) mass is 286 g/mol. The van der Waals surface area contributed by atoms with E-state index < -0.39 is 17.7 Å². The lowest BCUT2D eigenvalue weighted by Gasteiger charge is -2.22. The summed E-state index contributed by atoms with van der Waals surface area (Å²) in [7, 11) is 0. The number of hydrogen-bond donors (Lipinski definition) is 1. The lowest BCUT2D eigenvalue weighted by Crippen LogP contribution is -2.35. The Morgan fingerprint density at radius 3 is 2.76 bits per heavy atom. The Hall–Kier alpha value is -2.43. The second kappa shape index (κ2) is 5.91. The molecule has 2 rings (SSSR count). The Kier molecular flexibility index (Phi) is 4.21. The molecule has 5 heteroatoms. The van der Waals surface area contributed by atoms with Crippen molar-refractivity contribution in [2.45, 2.75) is 32.4 Å². The van der Waals surface area contributed by atoms with Gasteiger partial charge in [-0.05, 0) is 37.8 Å². The summed E-state index contributed by atoms with van der Waals surface area (Å²) in [6.45, 7) is 5.31. The molecule has 0 aliphatic rings. The van der Waals surface area contributed by atoms with Gasteiger partial charge >= 0.3 is 6.09 Å². The summed E-state index contributed by atoms with van der Waals surface area (Å²) >= 11 is 0. The summed E-state index contributed by atoms with van der Waals surface area (Å²) in [5.41, 5.74) is 0.107. The molecule has 0 radical (unpaired) electrons. The molecule has 1 aromatic heterocycles. The van der Waals surface area contributed by atoms with Gasteiger partial charge in [0.05, 0.1) is 0 Å². The predicted octanol–water partition coefficient (Wildman–Crippen LogP) is 3.00. The lowest BCUT2D eigenvalue weighted by molar-refractivity contribution is -0.109. The van der Waals surface area contributed by atoms with Crippen LogP contribution in [0.4, 0.5) is 4.79 Å². The van der Waals surface area contributed by atoms with Crippen molar-refractivity contribution in [1.82, 2.24) is 10.3 Å². The predicted molar refractivity (Wildman–Crippen MR) is 79.9 cm³/mol. The van der Waals surface area contributed by atoms with Crippen molar-refractivity contribution in [2.75, 3.05) is 0 Å². The van der Waals surface area contributed by atoms with Crippen LogP contribution in [0.1, 0.15) is 32.4 Å². The van der Waals surface area contributed by atoms with Crippen LogP contribution in [0.2, 0.25) is 0 Å². The van der Waals surface area contributed by atoms with Crippen LogP contribution in [-0.2, 0) is 9.53 Å². The Morgan fingerprint density at radius 2 is 2.10 bits per heavy atom. The molecule has 5 nitrogen and oxygen atoms in total. The topological polar surface area (TPSA) is 68.3 Å². The van der Waals surface area contributed by atoms with E-state index in [1.807, 2.05) is 18.2 Å². The number of pyridine rings is 1. The number of aldehydes is 1. The molecule has 21 heavy (non-hydrogen) atoms. The highest BCUT2D eigenvalue weighted by molar-refractivity contribution is 5.88. The van der Waals surface area contributed by atoms with Gasteiger partial charge in [0.1, 0.15) is 17.9 Å². The number of rotatable bonds is 3. The quantitative estimate of drug-likeness (QED) is 0.881. The highest BCUT2D eigenvalue weighted by Gasteiger charge is 2.21. The van der Waals surface area contributed by atoms with E-state index in [2.05, 4.69) is 10.3 Å². The molecule has 1 N–H and O–H groups in total. The second-order valence-corrected chi connectivity index (χ2v) is 5.70. The number of nitrogens with one attached hydrogen (secondary N) is 1. The van der Waals surface area contributed by atoms with E-state index in [9.17, 15) is 9.59 Å². The molecule has 1 heterocycles. The number of carbonyl (C=O) groups excluding carboxylic acids is 2. The molecule has 0 saturated carbocycles. The van der Waals surface area contributed by atoms with Gasteiger partial charge in [0.15, 0.2) is 0 Å². The summed E-state index contributed by atoms with van der Waals surface area (Å²) in [6.07, 6.45) is 3.44. The van der Waals surface area contributed by atoms with Crippen LogP contribution >= 0.6 is 0 Å². The van der Waals surface area contributed by atoms with E-state index in [1.165, 1.54) is 0 Å². The van der Waals surface area contributed by atoms with E-state index in [0.717, 1.165) is 16.3 Å². The van der Waals surface area contributed by atoms with Crippen LogP contribution in [0.25, 0.3) is 10.8 Å². The normalized spacial score (nSPS) is 12.7. The molecule has 0 aliphatic carbocycles. The standard InChI is InChI=1S/C16H18N2O3/c1-16(2,3)21-15(20)18-14(10-19)13-6-4-5-11-9-17-8-7-12(11)13/h4-10,14H,1-3H3,(H,18,20). The molecule has 0 saturated heterocycles. The van der Waals surface area contributed by atoms with Gasteiger partial charge in [-0.3, -0.25) is 4.98 Å². The molecule has 0 aliphatic heterocycles. The van der Waals surface area contributed by atoms with Gasteiger partial charge in [0, 0.05) is 17.8 Å². The maximum atomic E-state index is 11.8. The number of hydrogen-bond acceptors (Lipinski definition) is 4. The molecule has 2 aromatic rings. The minimum absolute atomic E-state index is 0.611. The van der Waals surface area contributed by atoms with Crippen molar-refractivity contribution in [3.8, 4) is 0 Å². The van der Waals surface area contributed by atoms with Crippen LogP contribution < -0.4 is 5.32 Å². The smallest absolute Gasteiger partial charge is 0.408 e. The van der Waals surface area contributed by atoms with Gasteiger partial charge in [0.2, 0.25) is 0 Å². The van der Waals surface area contributed by atoms with E-state index >= 15 is 0 Å². The molecule has 0 bridgehead atoms. The van der Waals surface area contributed by atoms with Crippen molar-refractivity contribution in [1.29, 1.82) is 0 Å². The van der Waals surface area contributed by atoms with Gasteiger partial charge in [-0.25, -0.2) is 4.79 Å². The number of ether oxygens (including phenoxy) is 1. The minimum atomic E-state index is -0.758. The zero-order chi connectivity index (χ0) is 15.5. The highest BCUT2D eigenvalue weighted by Crippen LogP contribution is 2.23. The Bertz CT molecular complexity index is 657. The number of fused-ring (bicyclic) bond motifs is 1. The van der Waals surface area contributed by atoms with Gasteiger partial charge in [-0.15, -0.1) is 0 Å². The summed E-state index contributed by atoms with van der Waals surface area (Å²) < 4.78 is 5.18. The van der Waals surface area contributed by atoms with Crippen molar-refractivity contribution in [3.63, 3.8) is 0 Å². The third-order valence-corrected chi connectivity index (χ3v) is 2.86. The zero-order valence-corrected chi connectivity index (χ0v) is 12.3. The van der Waals surface area contributed by atoms with E-state index in [-0.39, 0.29) is 0 Å². The van der Waals surface area contributed by atoms with E-state index in [1.54, 1.807) is 39.2 Å². The fourth-order valence-corrected chi connectivity index (χ4v) is 2.04. The van der Waals surface area contributed by atoms with Gasteiger partial charge in [-0.1, -0.05) is 18.2 Å². The first-order valence-corrected chi connectivity index (χ1v) is 6.68. The summed E-state index contributed by atoms with van der Waals surface area (Å²) in [5.74, 6) is 0. The number of aromatic nitrogens is 1. The maximum Gasteiger partial charge on any atom is 0.408 e. The maximum absolute atomic E-state index is 11.8. The van der Waals surface area contributed by atoms with Crippen LogP contribution in [0, 0.1) is 0 Å². The van der Waals surface area contributed by atoms with Crippen molar-refractivity contribution < 1.29 is 14.3 Å². The Morgan fingerprint density at radius 1 is 1.33 bits per heavy atom. The number of carbonyl (C=O) groups is 2. The second-order valence-electron chi connectivity index (χ2n) is 5.70. The van der Waals surface area contributed by atoms with Gasteiger partial charge in [0.25, 0.3) is 0 Å². The van der Waals surface area contributed by atoms with Crippen LogP contribution in [-0.4, -0.2) is 23.0 Å². The fraction of sp³-hybridized carbons (Fsp3) is 0.312. The van der Waals surface area contributed by atoms with E-state index in [4.69, 9.17) is 4.74 Å². The average Bonchev–Trinajstić information content (AvgIpc) is 2.42. The Labute approximate surface area is 123 Å². The molecule has 0 spiro atoms. The SMILES string of the molecule is CC(C)(C)OC(=O)NC(C=O)c1cccc2cnccc12. The molecule has 0 fully saturated rings. The molecule has 1 atom stereocenters. The lowest BCUT2D eigenvalue weighted by atomic mass is 10.0. The fourth-order valence-electron chi connectivity index (χ4n) is 2.04.